The second-order valence-corrected chi connectivity index (χ2v) is 6.92. The van der Waals surface area contributed by atoms with E-state index in [0.717, 1.165) is 6.42 Å². The van der Waals surface area contributed by atoms with E-state index in [1.165, 1.54) is 57.2 Å². The highest BCUT2D eigenvalue weighted by molar-refractivity contribution is 7.07. The number of rotatable bonds is 4. The molecule has 3 heteroatoms. The molecule has 3 atom stereocenters. The average molecular weight is 279 g/mol. The van der Waals surface area contributed by atoms with Crippen molar-refractivity contribution in [3.05, 3.63) is 22.4 Å². The lowest BCUT2D eigenvalue weighted by Gasteiger charge is -2.37. The van der Waals surface area contributed by atoms with Gasteiger partial charge in [0.15, 0.2) is 0 Å². The van der Waals surface area contributed by atoms with E-state index in [-0.39, 0.29) is 6.10 Å². The largest absolute Gasteiger partial charge is 0.393 e. The number of hydrogen-bond acceptors (Lipinski definition) is 3. The first-order valence-corrected chi connectivity index (χ1v) is 8.72. The van der Waals surface area contributed by atoms with Crippen molar-refractivity contribution in [2.45, 2.75) is 57.1 Å². The molecule has 0 spiro atoms. The van der Waals surface area contributed by atoms with Crippen molar-refractivity contribution in [1.29, 1.82) is 0 Å². The molecule has 1 saturated carbocycles. The van der Waals surface area contributed by atoms with Crippen LogP contribution in [0.25, 0.3) is 0 Å². The summed E-state index contributed by atoms with van der Waals surface area (Å²) in [5, 5.41) is 14.7. The van der Waals surface area contributed by atoms with Crippen molar-refractivity contribution in [1.82, 2.24) is 4.90 Å². The normalized spacial score (nSPS) is 32.8. The number of hydrogen-bond donors (Lipinski definition) is 1. The Bertz CT molecular complexity index is 378. The van der Waals surface area contributed by atoms with Crippen molar-refractivity contribution < 1.29 is 5.11 Å². The Kier molecular flexibility index (Phi) is 4.57. The van der Waals surface area contributed by atoms with Crippen LogP contribution in [-0.4, -0.2) is 35.2 Å². The summed E-state index contributed by atoms with van der Waals surface area (Å²) in [6, 6.07) is 2.89. The van der Waals surface area contributed by atoms with Gasteiger partial charge in [-0.1, -0.05) is 12.8 Å². The molecule has 2 heterocycles. The number of thiophene rings is 1. The maximum absolute atomic E-state index is 10.3. The molecule has 1 N–H and O–H groups in total. The molecule has 2 fully saturated rings. The molecule has 1 aromatic heterocycles. The Morgan fingerprint density at radius 3 is 2.89 bits per heavy atom. The first kappa shape index (κ1) is 13.6. The molecule has 19 heavy (non-hydrogen) atoms. The van der Waals surface area contributed by atoms with Crippen LogP contribution in [0.5, 0.6) is 0 Å². The Balaban J connectivity index is 1.57. The van der Waals surface area contributed by atoms with Gasteiger partial charge in [-0.05, 0) is 61.0 Å². The molecule has 0 radical (unpaired) electrons. The lowest BCUT2D eigenvalue weighted by molar-refractivity contribution is 0.0225. The molecule has 2 aliphatic rings. The zero-order chi connectivity index (χ0) is 13.1. The van der Waals surface area contributed by atoms with Gasteiger partial charge in [-0.3, -0.25) is 4.90 Å². The van der Waals surface area contributed by atoms with E-state index in [9.17, 15) is 5.11 Å². The summed E-state index contributed by atoms with van der Waals surface area (Å²) in [5.41, 5.74) is 1.47. The average Bonchev–Trinajstić information content (AvgIpc) is 3.08. The van der Waals surface area contributed by atoms with Crippen LogP contribution in [0.15, 0.2) is 16.8 Å². The minimum absolute atomic E-state index is 0.0412. The van der Waals surface area contributed by atoms with Gasteiger partial charge in [0, 0.05) is 18.5 Å². The van der Waals surface area contributed by atoms with Gasteiger partial charge >= 0.3 is 0 Å². The molecule has 1 aliphatic carbocycles. The molecular weight excluding hydrogens is 254 g/mol. The fourth-order valence-electron chi connectivity index (χ4n) is 3.91. The van der Waals surface area contributed by atoms with Crippen molar-refractivity contribution in [3.8, 4) is 0 Å². The van der Waals surface area contributed by atoms with Gasteiger partial charge < -0.3 is 5.11 Å². The summed E-state index contributed by atoms with van der Waals surface area (Å²) in [7, 11) is 0. The molecule has 106 valence electrons. The number of likely N-dealkylation sites (tertiary alicyclic amines) is 1. The van der Waals surface area contributed by atoms with Crippen LogP contribution in [0.2, 0.25) is 0 Å². The second kappa shape index (κ2) is 6.38. The Morgan fingerprint density at radius 1 is 1.21 bits per heavy atom. The van der Waals surface area contributed by atoms with E-state index >= 15 is 0 Å². The molecule has 1 aliphatic heterocycles. The third-order valence-electron chi connectivity index (χ3n) is 4.96. The van der Waals surface area contributed by atoms with Crippen LogP contribution in [0.1, 0.15) is 44.1 Å². The predicted molar refractivity (Wildman–Crippen MR) is 80.6 cm³/mol. The monoisotopic (exact) mass is 279 g/mol. The minimum atomic E-state index is -0.0412. The van der Waals surface area contributed by atoms with Crippen molar-refractivity contribution in [2.75, 3.05) is 13.1 Å². The Hall–Kier alpha value is -0.380. The second-order valence-electron chi connectivity index (χ2n) is 6.14. The van der Waals surface area contributed by atoms with Crippen LogP contribution in [0.3, 0.4) is 0 Å². The first-order chi connectivity index (χ1) is 9.34. The summed E-state index contributed by atoms with van der Waals surface area (Å²) >= 11 is 1.79. The van der Waals surface area contributed by atoms with E-state index in [2.05, 4.69) is 21.7 Å². The number of aliphatic hydroxyl groups excluding tert-OH is 1. The van der Waals surface area contributed by atoms with Crippen LogP contribution >= 0.6 is 11.3 Å². The van der Waals surface area contributed by atoms with E-state index in [1.807, 2.05) is 0 Å². The molecule has 3 rings (SSSR count). The van der Waals surface area contributed by atoms with Crippen molar-refractivity contribution in [3.63, 3.8) is 0 Å². The van der Waals surface area contributed by atoms with Gasteiger partial charge in [0.05, 0.1) is 6.10 Å². The highest BCUT2D eigenvalue weighted by Crippen LogP contribution is 2.34. The third-order valence-corrected chi connectivity index (χ3v) is 5.69. The lowest BCUT2D eigenvalue weighted by Crippen LogP contribution is -2.43. The zero-order valence-corrected chi connectivity index (χ0v) is 12.4. The standard InChI is InChI=1S/C16H25NOS/c18-16-6-2-1-4-14(16)15-5-3-9-17(15)10-7-13-8-11-19-12-13/h8,11-12,14-16,18H,1-7,9-10H2. The van der Waals surface area contributed by atoms with Gasteiger partial charge in [0.2, 0.25) is 0 Å². The summed E-state index contributed by atoms with van der Waals surface area (Å²) in [6.07, 6.45) is 8.54. The molecule has 0 aromatic carbocycles. The smallest absolute Gasteiger partial charge is 0.0583 e. The Labute approximate surface area is 120 Å². The van der Waals surface area contributed by atoms with Crippen LogP contribution in [0, 0.1) is 5.92 Å². The quantitative estimate of drug-likeness (QED) is 0.914. The van der Waals surface area contributed by atoms with Crippen molar-refractivity contribution >= 4 is 11.3 Å². The zero-order valence-electron chi connectivity index (χ0n) is 11.6. The number of aliphatic hydroxyl groups is 1. The summed E-state index contributed by atoms with van der Waals surface area (Å²) < 4.78 is 0. The van der Waals surface area contributed by atoms with Crippen LogP contribution in [0.4, 0.5) is 0 Å². The van der Waals surface area contributed by atoms with E-state index in [4.69, 9.17) is 0 Å². The van der Waals surface area contributed by atoms with E-state index in [1.54, 1.807) is 11.3 Å². The molecule has 0 bridgehead atoms. The molecule has 0 amide bonds. The molecule has 2 nitrogen and oxygen atoms in total. The predicted octanol–water partition coefficient (Wildman–Crippen LogP) is 3.31. The van der Waals surface area contributed by atoms with Crippen LogP contribution in [-0.2, 0) is 6.42 Å². The van der Waals surface area contributed by atoms with Gasteiger partial charge in [-0.15, -0.1) is 0 Å². The number of nitrogens with zero attached hydrogens (tertiary/aromatic N) is 1. The van der Waals surface area contributed by atoms with E-state index < -0.39 is 0 Å². The third kappa shape index (κ3) is 3.21. The SMILES string of the molecule is OC1CCCCC1C1CCCN1CCc1ccsc1. The van der Waals surface area contributed by atoms with E-state index in [0.29, 0.717) is 12.0 Å². The summed E-state index contributed by atoms with van der Waals surface area (Å²) in [6.45, 7) is 2.41. The fraction of sp³-hybridized carbons (Fsp3) is 0.750. The lowest BCUT2D eigenvalue weighted by atomic mass is 9.80. The van der Waals surface area contributed by atoms with Gasteiger partial charge in [0.1, 0.15) is 0 Å². The van der Waals surface area contributed by atoms with Gasteiger partial charge in [-0.2, -0.15) is 11.3 Å². The topological polar surface area (TPSA) is 23.5 Å². The highest BCUT2D eigenvalue weighted by Gasteiger charge is 2.36. The minimum Gasteiger partial charge on any atom is -0.393 e. The molecule has 1 aromatic rings. The summed E-state index contributed by atoms with van der Waals surface area (Å²) in [5.74, 6) is 0.540. The first-order valence-electron chi connectivity index (χ1n) is 7.78. The Morgan fingerprint density at radius 2 is 2.11 bits per heavy atom. The molecular formula is C16H25NOS. The molecule has 1 saturated heterocycles. The van der Waals surface area contributed by atoms with Gasteiger partial charge in [-0.25, -0.2) is 0 Å². The van der Waals surface area contributed by atoms with Crippen LogP contribution < -0.4 is 0 Å². The molecule has 3 unspecified atom stereocenters. The summed E-state index contributed by atoms with van der Waals surface area (Å²) in [4.78, 5) is 2.65. The maximum Gasteiger partial charge on any atom is 0.0583 e. The highest BCUT2D eigenvalue weighted by atomic mass is 32.1. The maximum atomic E-state index is 10.3. The van der Waals surface area contributed by atoms with Crippen molar-refractivity contribution in [2.24, 2.45) is 5.92 Å². The fourth-order valence-corrected chi connectivity index (χ4v) is 4.61. The van der Waals surface area contributed by atoms with Gasteiger partial charge in [0.25, 0.3) is 0 Å².